The van der Waals surface area contributed by atoms with Crippen molar-refractivity contribution < 1.29 is 9.53 Å². The molecule has 1 aliphatic heterocycles. The number of rotatable bonds is 5. The molecule has 1 saturated heterocycles. The predicted molar refractivity (Wildman–Crippen MR) is 71.3 cm³/mol. The van der Waals surface area contributed by atoms with Gasteiger partial charge in [0.2, 0.25) is 5.91 Å². The van der Waals surface area contributed by atoms with Gasteiger partial charge in [0.25, 0.3) is 0 Å². The molecular formula is C12H25ClN2O2. The molecule has 17 heavy (non-hydrogen) atoms. The number of amides is 1. The Morgan fingerprint density at radius 1 is 1.53 bits per heavy atom. The van der Waals surface area contributed by atoms with E-state index in [4.69, 9.17) is 10.5 Å². The molecule has 1 fully saturated rings. The molecule has 2 atom stereocenters. The number of ether oxygens (including phenoxy) is 1. The van der Waals surface area contributed by atoms with Crippen LogP contribution >= 0.6 is 12.4 Å². The van der Waals surface area contributed by atoms with Crippen molar-refractivity contribution in [2.75, 3.05) is 26.8 Å². The van der Waals surface area contributed by atoms with E-state index in [2.05, 4.69) is 6.92 Å². The van der Waals surface area contributed by atoms with E-state index in [1.807, 2.05) is 4.90 Å². The minimum absolute atomic E-state index is 0. The van der Waals surface area contributed by atoms with Crippen LogP contribution in [-0.4, -0.2) is 43.7 Å². The van der Waals surface area contributed by atoms with Gasteiger partial charge in [0.15, 0.2) is 0 Å². The largest absolute Gasteiger partial charge is 0.385 e. The van der Waals surface area contributed by atoms with Crippen molar-refractivity contribution >= 4 is 18.3 Å². The summed E-state index contributed by atoms with van der Waals surface area (Å²) >= 11 is 0. The highest BCUT2D eigenvalue weighted by molar-refractivity contribution is 5.85. The van der Waals surface area contributed by atoms with Crippen molar-refractivity contribution in [1.29, 1.82) is 0 Å². The van der Waals surface area contributed by atoms with E-state index in [9.17, 15) is 4.79 Å². The summed E-state index contributed by atoms with van der Waals surface area (Å²) in [6.45, 7) is 4.34. The summed E-state index contributed by atoms with van der Waals surface area (Å²) in [4.78, 5) is 13.9. The lowest BCUT2D eigenvalue weighted by Crippen LogP contribution is -2.49. The number of halogens is 1. The fraction of sp³-hybridized carbons (Fsp3) is 0.917. The summed E-state index contributed by atoms with van der Waals surface area (Å²) in [6.07, 6.45) is 3.54. The van der Waals surface area contributed by atoms with E-state index in [-0.39, 0.29) is 24.4 Å². The maximum atomic E-state index is 12.0. The fourth-order valence-electron chi connectivity index (χ4n) is 2.31. The molecule has 0 bridgehead atoms. The van der Waals surface area contributed by atoms with Gasteiger partial charge in [-0.05, 0) is 25.2 Å². The molecule has 0 aromatic carbocycles. The minimum atomic E-state index is 0. The normalized spacial score (nSPS) is 24.3. The molecule has 0 radical (unpaired) electrons. The highest BCUT2D eigenvalue weighted by Crippen LogP contribution is 2.22. The molecule has 5 heteroatoms. The summed E-state index contributed by atoms with van der Waals surface area (Å²) in [6, 6.07) is 0.249. The molecule has 0 saturated carbocycles. The van der Waals surface area contributed by atoms with Crippen molar-refractivity contribution in [3.05, 3.63) is 0 Å². The highest BCUT2D eigenvalue weighted by atomic mass is 35.5. The average molecular weight is 265 g/mol. The molecule has 0 aromatic heterocycles. The second-order valence-corrected chi connectivity index (χ2v) is 4.70. The van der Waals surface area contributed by atoms with Crippen LogP contribution in [0.25, 0.3) is 0 Å². The van der Waals surface area contributed by atoms with E-state index in [0.29, 0.717) is 25.5 Å². The minimum Gasteiger partial charge on any atom is -0.385 e. The topological polar surface area (TPSA) is 55.6 Å². The van der Waals surface area contributed by atoms with Crippen molar-refractivity contribution in [3.8, 4) is 0 Å². The van der Waals surface area contributed by atoms with E-state index in [0.717, 1.165) is 25.8 Å². The van der Waals surface area contributed by atoms with Gasteiger partial charge >= 0.3 is 0 Å². The van der Waals surface area contributed by atoms with Gasteiger partial charge in [0.1, 0.15) is 0 Å². The lowest BCUT2D eigenvalue weighted by Gasteiger charge is -2.38. The molecule has 1 amide bonds. The van der Waals surface area contributed by atoms with Gasteiger partial charge in [0.05, 0.1) is 0 Å². The third kappa shape index (κ3) is 5.23. The Hall–Kier alpha value is -0.320. The number of piperidine rings is 1. The average Bonchev–Trinajstić information content (AvgIpc) is 2.29. The molecule has 4 nitrogen and oxygen atoms in total. The van der Waals surface area contributed by atoms with Crippen LogP contribution in [0, 0.1) is 5.92 Å². The van der Waals surface area contributed by atoms with Crippen LogP contribution in [0.3, 0.4) is 0 Å². The first-order chi connectivity index (χ1) is 7.69. The van der Waals surface area contributed by atoms with Crippen molar-refractivity contribution in [1.82, 2.24) is 4.90 Å². The van der Waals surface area contributed by atoms with Gasteiger partial charge < -0.3 is 15.4 Å². The Labute approximate surface area is 110 Å². The summed E-state index contributed by atoms with van der Waals surface area (Å²) in [7, 11) is 1.66. The quantitative estimate of drug-likeness (QED) is 0.764. The Balaban J connectivity index is 0.00000256. The van der Waals surface area contributed by atoms with Crippen molar-refractivity contribution in [2.24, 2.45) is 11.7 Å². The van der Waals surface area contributed by atoms with Gasteiger partial charge in [-0.3, -0.25) is 4.79 Å². The SMILES string of the molecule is COCCCC(=O)N1CCC(C)CC1CN.Cl. The Morgan fingerprint density at radius 2 is 2.24 bits per heavy atom. The van der Waals surface area contributed by atoms with Gasteiger partial charge in [-0.1, -0.05) is 6.92 Å². The second-order valence-electron chi connectivity index (χ2n) is 4.70. The van der Waals surface area contributed by atoms with Crippen LogP contribution in [0.1, 0.15) is 32.6 Å². The fourth-order valence-corrected chi connectivity index (χ4v) is 2.31. The summed E-state index contributed by atoms with van der Waals surface area (Å²) in [5.74, 6) is 0.927. The lowest BCUT2D eigenvalue weighted by atomic mass is 9.92. The predicted octanol–water partition coefficient (Wildman–Crippen LogP) is 1.42. The Kier molecular flexibility index (Phi) is 8.56. The molecule has 2 N–H and O–H groups in total. The second kappa shape index (κ2) is 8.72. The molecule has 1 rings (SSSR count). The molecule has 0 spiro atoms. The summed E-state index contributed by atoms with van der Waals surface area (Å²) < 4.78 is 4.95. The Bertz CT molecular complexity index is 227. The van der Waals surface area contributed by atoms with Gasteiger partial charge in [-0.15, -0.1) is 12.4 Å². The zero-order valence-electron chi connectivity index (χ0n) is 10.9. The summed E-state index contributed by atoms with van der Waals surface area (Å²) in [5, 5.41) is 0. The number of hydrogen-bond acceptors (Lipinski definition) is 3. The monoisotopic (exact) mass is 264 g/mol. The zero-order valence-corrected chi connectivity index (χ0v) is 11.7. The number of hydrogen-bond donors (Lipinski definition) is 1. The van der Waals surface area contributed by atoms with Crippen LogP contribution in [0.15, 0.2) is 0 Å². The van der Waals surface area contributed by atoms with Crippen LogP contribution in [-0.2, 0) is 9.53 Å². The van der Waals surface area contributed by atoms with E-state index >= 15 is 0 Å². The molecule has 1 heterocycles. The first-order valence-corrected chi connectivity index (χ1v) is 6.17. The van der Waals surface area contributed by atoms with E-state index in [1.165, 1.54) is 0 Å². The number of carbonyl (C=O) groups excluding carboxylic acids is 1. The van der Waals surface area contributed by atoms with E-state index in [1.54, 1.807) is 7.11 Å². The number of nitrogens with two attached hydrogens (primary N) is 1. The maximum Gasteiger partial charge on any atom is 0.222 e. The summed E-state index contributed by atoms with van der Waals surface area (Å²) in [5.41, 5.74) is 5.73. The maximum absolute atomic E-state index is 12.0. The molecule has 0 aliphatic carbocycles. The van der Waals surface area contributed by atoms with Crippen molar-refractivity contribution in [2.45, 2.75) is 38.6 Å². The molecule has 102 valence electrons. The van der Waals surface area contributed by atoms with Crippen LogP contribution in [0.5, 0.6) is 0 Å². The van der Waals surface area contributed by atoms with Gasteiger partial charge in [0, 0.05) is 39.3 Å². The zero-order chi connectivity index (χ0) is 12.0. The molecule has 0 aromatic rings. The third-order valence-corrected chi connectivity index (χ3v) is 3.31. The molecule has 2 unspecified atom stereocenters. The number of likely N-dealkylation sites (tertiary alicyclic amines) is 1. The van der Waals surface area contributed by atoms with Crippen molar-refractivity contribution in [3.63, 3.8) is 0 Å². The Morgan fingerprint density at radius 3 is 2.82 bits per heavy atom. The lowest BCUT2D eigenvalue weighted by molar-refractivity contribution is -0.135. The van der Waals surface area contributed by atoms with E-state index < -0.39 is 0 Å². The number of methoxy groups -OCH3 is 1. The van der Waals surface area contributed by atoms with Gasteiger partial charge in [-0.2, -0.15) is 0 Å². The molecular weight excluding hydrogens is 240 g/mol. The van der Waals surface area contributed by atoms with Gasteiger partial charge in [-0.25, -0.2) is 0 Å². The first kappa shape index (κ1) is 16.7. The van der Waals surface area contributed by atoms with Crippen LogP contribution in [0.2, 0.25) is 0 Å². The van der Waals surface area contributed by atoms with Crippen LogP contribution in [0.4, 0.5) is 0 Å². The number of nitrogens with zero attached hydrogens (tertiary/aromatic N) is 1. The third-order valence-electron chi connectivity index (χ3n) is 3.31. The molecule has 1 aliphatic rings. The standard InChI is InChI=1S/C12H24N2O2.ClH/c1-10-5-6-14(11(8-10)9-13)12(15)4-3-7-16-2;/h10-11H,3-9,13H2,1-2H3;1H. The highest BCUT2D eigenvalue weighted by Gasteiger charge is 2.28. The number of carbonyl (C=O) groups is 1. The smallest absolute Gasteiger partial charge is 0.222 e. The van der Waals surface area contributed by atoms with Crippen LogP contribution < -0.4 is 5.73 Å². The first-order valence-electron chi connectivity index (χ1n) is 6.17.